The molecule has 2 rings (SSSR count). The van der Waals surface area contributed by atoms with E-state index in [1.165, 1.54) is 47.4 Å². The maximum absolute atomic E-state index is 12.4. The molecule has 1 heterocycles. The third-order valence-corrected chi connectivity index (χ3v) is 4.88. The molecule has 128 valence electrons. The molecule has 1 aromatic heterocycles. The summed E-state index contributed by atoms with van der Waals surface area (Å²) in [4.78, 5) is 12.4. The fraction of sp³-hybridized carbons (Fsp3) is 0.267. The first-order valence-corrected chi connectivity index (χ1v) is 8.63. The van der Waals surface area contributed by atoms with Crippen LogP contribution < -0.4 is 10.1 Å². The highest BCUT2D eigenvalue weighted by molar-refractivity contribution is 8.02. The minimum atomic E-state index is -2.89. The average molecular weight is 371 g/mol. The third kappa shape index (κ3) is 5.27. The van der Waals surface area contributed by atoms with Gasteiger partial charge < -0.3 is 10.1 Å². The second kappa shape index (κ2) is 8.74. The van der Waals surface area contributed by atoms with Crippen LogP contribution in [0.4, 0.5) is 13.9 Å². The summed E-state index contributed by atoms with van der Waals surface area (Å²) >= 11 is 2.64. The molecule has 0 amide bonds. The Balaban J connectivity index is 1.96. The summed E-state index contributed by atoms with van der Waals surface area (Å²) in [5, 5.41) is 11.3. The Kier molecular flexibility index (Phi) is 6.68. The molecule has 0 fully saturated rings. The zero-order valence-corrected chi connectivity index (χ0v) is 14.4. The molecule has 0 radical (unpaired) electrons. The van der Waals surface area contributed by atoms with Crippen LogP contribution in [-0.2, 0) is 0 Å². The molecule has 0 bridgehead atoms. The van der Waals surface area contributed by atoms with Gasteiger partial charge in [-0.2, -0.15) is 8.78 Å². The predicted molar refractivity (Wildman–Crippen MR) is 91.3 cm³/mol. The van der Waals surface area contributed by atoms with E-state index in [0.29, 0.717) is 21.6 Å². The number of Topliss-reactive ketones (excluding diaryl/α,β-unsaturated/α-hetero) is 1. The second-order valence-corrected chi connectivity index (χ2v) is 7.14. The van der Waals surface area contributed by atoms with E-state index in [-0.39, 0.29) is 16.8 Å². The Morgan fingerprint density at radius 1 is 1.42 bits per heavy atom. The van der Waals surface area contributed by atoms with Gasteiger partial charge in [0.1, 0.15) is 5.75 Å². The molecule has 1 aromatic carbocycles. The Bertz CT molecular complexity index is 692. The molecular weight excluding hydrogens is 356 g/mol. The zero-order valence-electron chi connectivity index (χ0n) is 12.7. The van der Waals surface area contributed by atoms with E-state index in [1.54, 1.807) is 13.0 Å². The molecule has 2 aromatic rings. The number of hydrogen-bond acceptors (Lipinski definition) is 7. The van der Waals surface area contributed by atoms with Gasteiger partial charge in [-0.3, -0.25) is 4.79 Å². The summed E-state index contributed by atoms with van der Waals surface area (Å²) in [7, 11) is 0. The third-order valence-electron chi connectivity index (χ3n) is 2.81. The van der Waals surface area contributed by atoms with E-state index in [9.17, 15) is 13.6 Å². The first kappa shape index (κ1) is 18.3. The molecule has 1 N–H and O–H groups in total. The van der Waals surface area contributed by atoms with Crippen molar-refractivity contribution < 1.29 is 18.3 Å². The number of carbonyl (C=O) groups excluding carboxylic acids is 1. The van der Waals surface area contributed by atoms with Crippen LogP contribution in [0.2, 0.25) is 0 Å². The van der Waals surface area contributed by atoms with Gasteiger partial charge in [0.15, 0.2) is 10.1 Å². The molecule has 0 aliphatic rings. The summed E-state index contributed by atoms with van der Waals surface area (Å²) in [6, 6.07) is 5.63. The number of ether oxygens (including phenoxy) is 1. The normalized spacial score (nSPS) is 12.0. The first-order chi connectivity index (χ1) is 11.5. The van der Waals surface area contributed by atoms with Crippen LogP contribution in [0.5, 0.6) is 5.75 Å². The van der Waals surface area contributed by atoms with Crippen molar-refractivity contribution in [3.8, 4) is 5.75 Å². The summed E-state index contributed by atoms with van der Waals surface area (Å²) in [5.41, 5.74) is 0.422. The van der Waals surface area contributed by atoms with Gasteiger partial charge in [0.2, 0.25) is 5.13 Å². The smallest absolute Gasteiger partial charge is 0.387 e. The van der Waals surface area contributed by atoms with Crippen LogP contribution in [0.15, 0.2) is 41.3 Å². The van der Waals surface area contributed by atoms with Gasteiger partial charge in [-0.15, -0.1) is 16.8 Å². The molecule has 0 aliphatic carbocycles. The highest BCUT2D eigenvalue weighted by atomic mass is 32.2. The van der Waals surface area contributed by atoms with Crippen LogP contribution in [0.3, 0.4) is 0 Å². The number of nitrogens with one attached hydrogen (secondary N) is 1. The predicted octanol–water partition coefficient (Wildman–Crippen LogP) is 4.10. The van der Waals surface area contributed by atoms with Crippen molar-refractivity contribution in [1.29, 1.82) is 0 Å². The SMILES string of the molecule is C=CCNc1nnc(S[C@H](C)C(=O)c2ccc(OC(F)F)cc2)s1. The fourth-order valence-corrected chi connectivity index (χ4v) is 3.71. The zero-order chi connectivity index (χ0) is 17.5. The van der Waals surface area contributed by atoms with E-state index in [2.05, 4.69) is 26.8 Å². The Hall–Kier alpha value is -2.00. The second-order valence-electron chi connectivity index (χ2n) is 4.57. The lowest BCUT2D eigenvalue weighted by Gasteiger charge is -2.09. The summed E-state index contributed by atoms with van der Waals surface area (Å²) in [5.74, 6) is -0.108. The van der Waals surface area contributed by atoms with Crippen molar-refractivity contribution in [1.82, 2.24) is 10.2 Å². The number of hydrogen-bond donors (Lipinski definition) is 1. The number of halogens is 2. The molecular formula is C15H15F2N3O2S2. The number of nitrogens with zero attached hydrogens (tertiary/aromatic N) is 2. The Morgan fingerprint density at radius 3 is 2.75 bits per heavy atom. The molecule has 24 heavy (non-hydrogen) atoms. The van der Waals surface area contributed by atoms with Gasteiger partial charge in [-0.25, -0.2) is 0 Å². The first-order valence-electron chi connectivity index (χ1n) is 6.93. The number of anilines is 1. The van der Waals surface area contributed by atoms with E-state index in [0.717, 1.165) is 0 Å². The molecule has 1 atom stereocenters. The van der Waals surface area contributed by atoms with Crippen molar-refractivity contribution in [3.63, 3.8) is 0 Å². The van der Waals surface area contributed by atoms with Gasteiger partial charge in [-0.05, 0) is 31.2 Å². The monoisotopic (exact) mass is 371 g/mol. The maximum atomic E-state index is 12.4. The fourth-order valence-electron chi connectivity index (χ4n) is 1.73. The quantitative estimate of drug-likeness (QED) is 0.407. The molecule has 0 saturated carbocycles. The standard InChI is InChI=1S/C15H15F2N3O2S2/c1-3-8-18-14-19-20-15(24-14)23-9(2)12(21)10-4-6-11(7-5-10)22-13(16)17/h3-7,9,13H,1,8H2,2H3,(H,18,19)/t9-/m1/s1. The van der Waals surface area contributed by atoms with Gasteiger partial charge >= 0.3 is 6.61 Å². The molecule has 5 nitrogen and oxygen atoms in total. The molecule has 9 heteroatoms. The average Bonchev–Trinajstić information content (AvgIpc) is 2.99. The van der Waals surface area contributed by atoms with E-state index < -0.39 is 6.61 Å². The van der Waals surface area contributed by atoms with E-state index >= 15 is 0 Å². The van der Waals surface area contributed by atoms with Crippen molar-refractivity contribution in [3.05, 3.63) is 42.5 Å². The number of aromatic nitrogens is 2. The molecule has 0 saturated heterocycles. The number of ketones is 1. The molecule has 0 aliphatic heterocycles. The highest BCUT2D eigenvalue weighted by Gasteiger charge is 2.19. The summed E-state index contributed by atoms with van der Waals surface area (Å²) < 4.78 is 29.2. The van der Waals surface area contributed by atoms with Crippen molar-refractivity contribution in [2.24, 2.45) is 0 Å². The van der Waals surface area contributed by atoms with Gasteiger partial charge in [0, 0.05) is 12.1 Å². The number of benzene rings is 1. The van der Waals surface area contributed by atoms with Gasteiger partial charge in [0.25, 0.3) is 0 Å². The van der Waals surface area contributed by atoms with Gasteiger partial charge in [-0.1, -0.05) is 29.2 Å². The number of rotatable bonds is 9. The largest absolute Gasteiger partial charge is 0.435 e. The Labute approximate surface area is 146 Å². The van der Waals surface area contributed by atoms with Crippen molar-refractivity contribution in [2.75, 3.05) is 11.9 Å². The molecule has 0 spiro atoms. The summed E-state index contributed by atoms with van der Waals surface area (Å²) in [6.07, 6.45) is 1.71. The van der Waals surface area contributed by atoms with Crippen LogP contribution in [0, 0.1) is 0 Å². The lowest BCUT2D eigenvalue weighted by molar-refractivity contribution is -0.0498. The minimum Gasteiger partial charge on any atom is -0.435 e. The van der Waals surface area contributed by atoms with Crippen LogP contribution in [-0.4, -0.2) is 34.4 Å². The highest BCUT2D eigenvalue weighted by Crippen LogP contribution is 2.30. The lowest BCUT2D eigenvalue weighted by Crippen LogP contribution is -2.13. The lowest BCUT2D eigenvalue weighted by atomic mass is 10.1. The molecule has 0 unspecified atom stereocenters. The van der Waals surface area contributed by atoms with E-state index in [1.807, 2.05) is 0 Å². The van der Waals surface area contributed by atoms with Crippen LogP contribution in [0.1, 0.15) is 17.3 Å². The topological polar surface area (TPSA) is 64.1 Å². The number of thioether (sulfide) groups is 1. The number of carbonyl (C=O) groups is 1. The minimum absolute atomic E-state index is 0.0175. The van der Waals surface area contributed by atoms with E-state index in [4.69, 9.17) is 0 Å². The van der Waals surface area contributed by atoms with Crippen molar-refractivity contribution in [2.45, 2.75) is 23.1 Å². The van der Waals surface area contributed by atoms with Crippen LogP contribution in [0.25, 0.3) is 0 Å². The van der Waals surface area contributed by atoms with Crippen molar-refractivity contribution >= 4 is 34.0 Å². The maximum Gasteiger partial charge on any atom is 0.387 e. The number of alkyl halides is 2. The summed E-state index contributed by atoms with van der Waals surface area (Å²) in [6.45, 7) is 3.06. The van der Waals surface area contributed by atoms with Crippen LogP contribution >= 0.6 is 23.1 Å². The van der Waals surface area contributed by atoms with Gasteiger partial charge in [0.05, 0.1) is 5.25 Å². The Morgan fingerprint density at radius 2 is 2.12 bits per heavy atom.